The topological polar surface area (TPSA) is 92.4 Å². The van der Waals surface area contributed by atoms with E-state index in [0.717, 1.165) is 32.1 Å². The molecule has 4 N–H and O–H groups in total. The molecule has 19 heavy (non-hydrogen) atoms. The zero-order chi connectivity index (χ0) is 14.6. The summed E-state index contributed by atoms with van der Waals surface area (Å²) in [5.74, 6) is -1.47. The van der Waals surface area contributed by atoms with E-state index in [4.69, 9.17) is 5.73 Å². The molecule has 0 heterocycles. The third-order valence-corrected chi connectivity index (χ3v) is 3.81. The molecule has 1 aliphatic rings. The predicted octanol–water partition coefficient (Wildman–Crippen LogP) is 1.51. The lowest BCUT2D eigenvalue weighted by Gasteiger charge is -2.30. The summed E-state index contributed by atoms with van der Waals surface area (Å²) in [5, 5.41) is 11.9. The van der Waals surface area contributed by atoms with Crippen molar-refractivity contribution in [3.05, 3.63) is 0 Å². The summed E-state index contributed by atoms with van der Waals surface area (Å²) in [5.41, 5.74) is 5.51. The normalized spacial score (nSPS) is 26.3. The van der Waals surface area contributed by atoms with Crippen LogP contribution in [0.1, 0.15) is 52.9 Å². The molecule has 3 atom stereocenters. The summed E-state index contributed by atoms with van der Waals surface area (Å²) in [6.45, 7) is 5.41. The van der Waals surface area contributed by atoms with E-state index in [0.29, 0.717) is 0 Å². The first-order valence-electron chi connectivity index (χ1n) is 7.02. The number of hydrogen-bond donors (Lipinski definition) is 3. The molecule has 5 heteroatoms. The van der Waals surface area contributed by atoms with Crippen LogP contribution in [0.5, 0.6) is 0 Å². The highest BCUT2D eigenvalue weighted by atomic mass is 16.4. The van der Waals surface area contributed by atoms with Gasteiger partial charge in [-0.1, -0.05) is 40.0 Å². The van der Waals surface area contributed by atoms with Gasteiger partial charge in [-0.15, -0.1) is 0 Å². The molecule has 0 aliphatic heterocycles. The number of carboxylic acid groups (broad SMARTS) is 1. The van der Waals surface area contributed by atoms with Gasteiger partial charge in [0.2, 0.25) is 5.91 Å². The van der Waals surface area contributed by atoms with Crippen LogP contribution in [-0.2, 0) is 9.59 Å². The van der Waals surface area contributed by atoms with Crippen LogP contribution in [0, 0.1) is 11.3 Å². The zero-order valence-electron chi connectivity index (χ0n) is 12.1. The van der Waals surface area contributed by atoms with Crippen molar-refractivity contribution in [3.8, 4) is 0 Å². The van der Waals surface area contributed by atoms with Crippen LogP contribution >= 0.6 is 0 Å². The molecular weight excluding hydrogens is 244 g/mol. The third kappa shape index (κ3) is 4.49. The maximum absolute atomic E-state index is 12.3. The van der Waals surface area contributed by atoms with E-state index in [-0.39, 0.29) is 17.9 Å². The fraction of sp³-hybridized carbons (Fsp3) is 0.857. The molecule has 1 saturated carbocycles. The van der Waals surface area contributed by atoms with Gasteiger partial charge in [0.25, 0.3) is 0 Å². The summed E-state index contributed by atoms with van der Waals surface area (Å²) in [6, 6.07) is -1.03. The van der Waals surface area contributed by atoms with Crippen molar-refractivity contribution in [1.82, 2.24) is 5.32 Å². The summed E-state index contributed by atoms with van der Waals surface area (Å²) in [7, 11) is 0. The van der Waals surface area contributed by atoms with Crippen molar-refractivity contribution in [3.63, 3.8) is 0 Å². The fourth-order valence-electron chi connectivity index (χ4n) is 2.56. The number of amides is 1. The van der Waals surface area contributed by atoms with Gasteiger partial charge in [0, 0.05) is 6.04 Å². The van der Waals surface area contributed by atoms with Crippen molar-refractivity contribution < 1.29 is 14.7 Å². The molecular formula is C14H26N2O3. The van der Waals surface area contributed by atoms with E-state index >= 15 is 0 Å². The number of carboxylic acids is 1. The molecule has 1 fully saturated rings. The second kappa shape index (κ2) is 6.37. The molecule has 0 bridgehead atoms. The number of hydrogen-bond acceptors (Lipinski definition) is 3. The lowest BCUT2D eigenvalue weighted by atomic mass is 9.85. The average Bonchev–Trinajstić information content (AvgIpc) is 2.48. The molecule has 3 unspecified atom stereocenters. The Kier molecular flexibility index (Phi) is 5.35. The van der Waals surface area contributed by atoms with E-state index in [1.807, 2.05) is 0 Å². The number of nitrogens with two attached hydrogens (primary N) is 1. The second-order valence-electron chi connectivity index (χ2n) is 6.55. The SMILES string of the molecule is CC(C)(C)C(NC(=O)C1CCCCCC1N)C(=O)O. The third-order valence-electron chi connectivity index (χ3n) is 3.81. The molecule has 1 amide bonds. The van der Waals surface area contributed by atoms with Crippen molar-refractivity contribution >= 4 is 11.9 Å². The molecule has 0 aromatic rings. The maximum Gasteiger partial charge on any atom is 0.326 e. The van der Waals surface area contributed by atoms with Crippen LogP contribution in [0.4, 0.5) is 0 Å². The van der Waals surface area contributed by atoms with Crippen LogP contribution < -0.4 is 11.1 Å². The van der Waals surface area contributed by atoms with E-state index in [2.05, 4.69) is 5.32 Å². The maximum atomic E-state index is 12.3. The number of carbonyl (C=O) groups excluding carboxylic acids is 1. The molecule has 0 spiro atoms. The fourth-order valence-corrected chi connectivity index (χ4v) is 2.56. The summed E-state index contributed by atoms with van der Waals surface area (Å²) < 4.78 is 0. The van der Waals surface area contributed by atoms with Gasteiger partial charge in [-0.25, -0.2) is 4.79 Å². The Bertz CT molecular complexity index is 336. The van der Waals surface area contributed by atoms with Gasteiger partial charge >= 0.3 is 5.97 Å². The van der Waals surface area contributed by atoms with Crippen molar-refractivity contribution in [1.29, 1.82) is 0 Å². The Morgan fingerprint density at radius 1 is 1.21 bits per heavy atom. The van der Waals surface area contributed by atoms with Gasteiger partial charge in [0.1, 0.15) is 6.04 Å². The second-order valence-corrected chi connectivity index (χ2v) is 6.55. The Balaban J connectivity index is 2.73. The summed E-state index contributed by atoms with van der Waals surface area (Å²) >= 11 is 0. The quantitative estimate of drug-likeness (QED) is 0.678. The summed E-state index contributed by atoms with van der Waals surface area (Å²) in [4.78, 5) is 23.5. The largest absolute Gasteiger partial charge is 0.480 e. The minimum absolute atomic E-state index is 0.156. The minimum atomic E-state index is -0.997. The smallest absolute Gasteiger partial charge is 0.326 e. The minimum Gasteiger partial charge on any atom is -0.480 e. The van der Waals surface area contributed by atoms with E-state index in [1.54, 1.807) is 20.8 Å². The van der Waals surface area contributed by atoms with Crippen LogP contribution in [0.3, 0.4) is 0 Å². The number of nitrogens with one attached hydrogen (secondary N) is 1. The van der Waals surface area contributed by atoms with Gasteiger partial charge < -0.3 is 16.2 Å². The number of carbonyl (C=O) groups is 2. The van der Waals surface area contributed by atoms with E-state index in [1.165, 1.54) is 0 Å². The van der Waals surface area contributed by atoms with Crippen molar-refractivity contribution in [2.24, 2.45) is 17.1 Å². The lowest BCUT2D eigenvalue weighted by Crippen LogP contribution is -2.53. The Hall–Kier alpha value is -1.10. The highest BCUT2D eigenvalue weighted by molar-refractivity contribution is 5.85. The standard InChI is InChI=1S/C14H26N2O3/c1-14(2,3)11(13(18)19)16-12(17)9-7-5-4-6-8-10(9)15/h9-11H,4-8,15H2,1-3H3,(H,16,17)(H,18,19). The van der Waals surface area contributed by atoms with Crippen LogP contribution in [0.25, 0.3) is 0 Å². The van der Waals surface area contributed by atoms with Crippen molar-refractivity contribution in [2.75, 3.05) is 0 Å². The van der Waals surface area contributed by atoms with Gasteiger partial charge in [0.15, 0.2) is 0 Å². The molecule has 110 valence electrons. The molecule has 1 rings (SSSR count). The number of rotatable bonds is 3. The Labute approximate surface area is 114 Å². The average molecular weight is 270 g/mol. The Morgan fingerprint density at radius 2 is 1.79 bits per heavy atom. The lowest BCUT2D eigenvalue weighted by molar-refractivity contribution is -0.145. The summed E-state index contributed by atoms with van der Waals surface area (Å²) in [6.07, 6.45) is 4.72. The molecule has 0 aromatic carbocycles. The monoisotopic (exact) mass is 270 g/mol. The van der Waals surface area contributed by atoms with Crippen LogP contribution in [-0.4, -0.2) is 29.1 Å². The Morgan fingerprint density at radius 3 is 2.32 bits per heavy atom. The first-order chi connectivity index (χ1) is 8.73. The molecule has 0 aromatic heterocycles. The molecule has 5 nitrogen and oxygen atoms in total. The van der Waals surface area contributed by atoms with Crippen molar-refractivity contribution in [2.45, 2.75) is 65.0 Å². The molecule has 0 radical (unpaired) electrons. The zero-order valence-corrected chi connectivity index (χ0v) is 12.1. The highest BCUT2D eigenvalue weighted by Crippen LogP contribution is 2.24. The molecule has 0 saturated heterocycles. The van der Waals surface area contributed by atoms with Crippen LogP contribution in [0.2, 0.25) is 0 Å². The van der Waals surface area contributed by atoms with E-state index < -0.39 is 17.4 Å². The van der Waals surface area contributed by atoms with Gasteiger partial charge in [-0.2, -0.15) is 0 Å². The van der Waals surface area contributed by atoms with E-state index in [9.17, 15) is 14.7 Å². The first kappa shape index (κ1) is 16.0. The number of aliphatic carboxylic acids is 1. The van der Waals surface area contributed by atoms with Gasteiger partial charge in [-0.05, 0) is 18.3 Å². The van der Waals surface area contributed by atoms with Gasteiger partial charge in [-0.3, -0.25) is 4.79 Å². The van der Waals surface area contributed by atoms with Crippen LogP contribution in [0.15, 0.2) is 0 Å². The molecule has 1 aliphatic carbocycles. The first-order valence-corrected chi connectivity index (χ1v) is 7.02. The predicted molar refractivity (Wildman–Crippen MR) is 73.6 cm³/mol. The van der Waals surface area contributed by atoms with Gasteiger partial charge in [0.05, 0.1) is 5.92 Å². The highest BCUT2D eigenvalue weighted by Gasteiger charge is 2.35.